The molecule has 0 aromatic rings. The van der Waals surface area contributed by atoms with Gasteiger partial charge < -0.3 is 9.47 Å². The topological polar surface area (TPSA) is 35.5 Å². The lowest BCUT2D eigenvalue weighted by molar-refractivity contribution is -0.151. The number of carbonyl (C=O) groups excluding carboxylic acids is 1. The fraction of sp³-hybridized carbons (Fsp3) is 0.857. The van der Waals surface area contributed by atoms with Crippen LogP contribution in [0.3, 0.4) is 0 Å². The molecule has 0 bridgehead atoms. The molecule has 0 aromatic carbocycles. The summed E-state index contributed by atoms with van der Waals surface area (Å²) in [5, 5.41) is 0. The highest BCUT2D eigenvalue weighted by molar-refractivity contribution is 5.76. The van der Waals surface area contributed by atoms with E-state index in [4.69, 9.17) is 4.74 Å². The fourth-order valence-corrected chi connectivity index (χ4v) is 1.07. The van der Waals surface area contributed by atoms with Gasteiger partial charge in [-0.15, -0.1) is 0 Å². The van der Waals surface area contributed by atoms with E-state index in [1.807, 2.05) is 6.92 Å². The van der Waals surface area contributed by atoms with Gasteiger partial charge in [0.2, 0.25) is 0 Å². The second-order valence-electron chi connectivity index (χ2n) is 2.85. The number of carbonyl (C=O) groups is 1. The molecule has 0 amide bonds. The van der Waals surface area contributed by atoms with Crippen LogP contribution in [0.5, 0.6) is 0 Å². The highest BCUT2D eigenvalue weighted by Crippen LogP contribution is 2.28. The number of ether oxygens (including phenoxy) is 2. The van der Waals surface area contributed by atoms with Gasteiger partial charge in [-0.1, -0.05) is 0 Å². The van der Waals surface area contributed by atoms with Crippen molar-refractivity contribution in [2.24, 2.45) is 5.41 Å². The summed E-state index contributed by atoms with van der Waals surface area (Å²) in [7, 11) is 1.41. The normalized spacial score (nSPS) is 32.2. The van der Waals surface area contributed by atoms with Crippen molar-refractivity contribution in [1.29, 1.82) is 0 Å². The Hall–Kier alpha value is -0.570. The quantitative estimate of drug-likeness (QED) is 0.505. The SMILES string of the molecule is COC(=O)C1(C)CCOC1. The summed E-state index contributed by atoms with van der Waals surface area (Å²) in [6.07, 6.45) is 0.777. The molecule has 0 aliphatic carbocycles. The Kier molecular flexibility index (Phi) is 1.94. The van der Waals surface area contributed by atoms with Crippen molar-refractivity contribution >= 4 is 5.97 Å². The zero-order chi connectivity index (χ0) is 7.61. The molecule has 0 saturated carbocycles. The summed E-state index contributed by atoms with van der Waals surface area (Å²) >= 11 is 0. The zero-order valence-electron chi connectivity index (χ0n) is 6.35. The third-order valence-electron chi connectivity index (χ3n) is 1.90. The molecule has 1 rings (SSSR count). The first-order valence-corrected chi connectivity index (χ1v) is 3.35. The highest BCUT2D eigenvalue weighted by atomic mass is 16.5. The summed E-state index contributed by atoms with van der Waals surface area (Å²) < 4.78 is 9.70. The second-order valence-corrected chi connectivity index (χ2v) is 2.85. The zero-order valence-corrected chi connectivity index (χ0v) is 6.35. The van der Waals surface area contributed by atoms with Crippen molar-refractivity contribution in [1.82, 2.24) is 0 Å². The fourth-order valence-electron chi connectivity index (χ4n) is 1.07. The minimum Gasteiger partial charge on any atom is -0.469 e. The number of rotatable bonds is 1. The van der Waals surface area contributed by atoms with E-state index < -0.39 is 0 Å². The molecule has 58 valence electrons. The van der Waals surface area contributed by atoms with Crippen LogP contribution in [0.4, 0.5) is 0 Å². The predicted octanol–water partition coefficient (Wildman–Crippen LogP) is 0.586. The van der Waals surface area contributed by atoms with Gasteiger partial charge in [0, 0.05) is 6.61 Å². The summed E-state index contributed by atoms with van der Waals surface area (Å²) in [4.78, 5) is 11.0. The highest BCUT2D eigenvalue weighted by Gasteiger charge is 2.38. The molecule has 0 spiro atoms. The van der Waals surface area contributed by atoms with E-state index in [0.29, 0.717) is 13.2 Å². The lowest BCUT2D eigenvalue weighted by Crippen LogP contribution is -2.29. The van der Waals surface area contributed by atoms with Crippen molar-refractivity contribution < 1.29 is 14.3 Å². The van der Waals surface area contributed by atoms with Gasteiger partial charge >= 0.3 is 5.97 Å². The van der Waals surface area contributed by atoms with E-state index in [0.717, 1.165) is 6.42 Å². The molecule has 0 radical (unpaired) electrons. The van der Waals surface area contributed by atoms with E-state index in [1.165, 1.54) is 7.11 Å². The average Bonchev–Trinajstić information content (AvgIpc) is 2.36. The molecule has 1 aliphatic heterocycles. The van der Waals surface area contributed by atoms with Crippen molar-refractivity contribution in [2.75, 3.05) is 20.3 Å². The van der Waals surface area contributed by atoms with Gasteiger partial charge in [-0.05, 0) is 13.3 Å². The van der Waals surface area contributed by atoms with Gasteiger partial charge in [-0.2, -0.15) is 0 Å². The molecule has 3 nitrogen and oxygen atoms in total. The predicted molar refractivity (Wildman–Crippen MR) is 35.6 cm³/mol. The van der Waals surface area contributed by atoms with Crippen molar-refractivity contribution in [3.8, 4) is 0 Å². The van der Waals surface area contributed by atoms with Gasteiger partial charge in [0.1, 0.15) is 0 Å². The van der Waals surface area contributed by atoms with Gasteiger partial charge in [-0.3, -0.25) is 4.79 Å². The van der Waals surface area contributed by atoms with E-state index in [1.54, 1.807) is 0 Å². The summed E-state index contributed by atoms with van der Waals surface area (Å²) in [6, 6.07) is 0. The number of esters is 1. The maximum Gasteiger partial charge on any atom is 0.313 e. The third-order valence-corrected chi connectivity index (χ3v) is 1.90. The van der Waals surface area contributed by atoms with Crippen LogP contribution in [-0.4, -0.2) is 26.3 Å². The van der Waals surface area contributed by atoms with E-state index in [-0.39, 0.29) is 11.4 Å². The molecule has 1 unspecified atom stereocenters. The average molecular weight is 144 g/mol. The Morgan fingerprint density at radius 1 is 1.70 bits per heavy atom. The number of hydrogen-bond acceptors (Lipinski definition) is 3. The van der Waals surface area contributed by atoms with Crippen LogP contribution in [0, 0.1) is 5.41 Å². The lowest BCUT2D eigenvalue weighted by atomic mass is 9.90. The molecule has 1 fully saturated rings. The van der Waals surface area contributed by atoms with Crippen LogP contribution in [0.15, 0.2) is 0 Å². The molecular formula is C7H12O3. The third kappa shape index (κ3) is 1.14. The second kappa shape index (κ2) is 2.58. The van der Waals surface area contributed by atoms with Gasteiger partial charge in [-0.25, -0.2) is 0 Å². The van der Waals surface area contributed by atoms with Crippen LogP contribution in [-0.2, 0) is 14.3 Å². The van der Waals surface area contributed by atoms with Crippen molar-refractivity contribution in [2.45, 2.75) is 13.3 Å². The lowest BCUT2D eigenvalue weighted by Gasteiger charge is -2.16. The minimum atomic E-state index is -0.380. The Balaban J connectivity index is 2.58. The first-order valence-electron chi connectivity index (χ1n) is 3.35. The van der Waals surface area contributed by atoms with E-state index in [9.17, 15) is 4.79 Å². The van der Waals surface area contributed by atoms with Gasteiger partial charge in [0.05, 0.1) is 19.1 Å². The number of methoxy groups -OCH3 is 1. The summed E-state index contributed by atoms with van der Waals surface area (Å²) in [5.41, 5.74) is -0.380. The molecule has 0 aromatic heterocycles. The standard InChI is InChI=1S/C7H12O3/c1-7(6(8)9-2)3-4-10-5-7/h3-5H2,1-2H3. The maximum atomic E-state index is 11.0. The summed E-state index contributed by atoms with van der Waals surface area (Å²) in [5.74, 6) is -0.162. The molecule has 1 aliphatic rings. The Morgan fingerprint density at radius 3 is 2.80 bits per heavy atom. The molecule has 1 atom stereocenters. The van der Waals surface area contributed by atoms with Crippen LogP contribution in [0.25, 0.3) is 0 Å². The largest absolute Gasteiger partial charge is 0.469 e. The molecule has 3 heteroatoms. The molecular weight excluding hydrogens is 132 g/mol. The first kappa shape index (κ1) is 7.54. The Bertz CT molecular complexity index is 136. The monoisotopic (exact) mass is 144 g/mol. The molecule has 0 N–H and O–H groups in total. The molecule has 10 heavy (non-hydrogen) atoms. The smallest absolute Gasteiger partial charge is 0.313 e. The Morgan fingerprint density at radius 2 is 2.40 bits per heavy atom. The van der Waals surface area contributed by atoms with Crippen molar-refractivity contribution in [3.63, 3.8) is 0 Å². The van der Waals surface area contributed by atoms with Crippen LogP contribution in [0.1, 0.15) is 13.3 Å². The van der Waals surface area contributed by atoms with Crippen LogP contribution >= 0.6 is 0 Å². The molecule has 1 saturated heterocycles. The van der Waals surface area contributed by atoms with Crippen LogP contribution in [0.2, 0.25) is 0 Å². The van der Waals surface area contributed by atoms with E-state index in [2.05, 4.69) is 4.74 Å². The van der Waals surface area contributed by atoms with Crippen molar-refractivity contribution in [3.05, 3.63) is 0 Å². The summed E-state index contributed by atoms with van der Waals surface area (Å²) in [6.45, 7) is 3.04. The van der Waals surface area contributed by atoms with Gasteiger partial charge in [0.25, 0.3) is 0 Å². The first-order chi connectivity index (χ1) is 4.69. The van der Waals surface area contributed by atoms with Crippen LogP contribution < -0.4 is 0 Å². The minimum absolute atomic E-state index is 0.162. The van der Waals surface area contributed by atoms with Gasteiger partial charge in [0.15, 0.2) is 0 Å². The number of hydrogen-bond donors (Lipinski definition) is 0. The van der Waals surface area contributed by atoms with E-state index >= 15 is 0 Å². The maximum absolute atomic E-state index is 11.0. The Labute approximate surface area is 60.3 Å². The molecule has 1 heterocycles.